The third-order valence-corrected chi connectivity index (χ3v) is 5.27. The highest BCUT2D eigenvalue weighted by atomic mass is 16.5. The van der Waals surface area contributed by atoms with Crippen LogP contribution in [-0.2, 0) is 21.4 Å². The summed E-state index contributed by atoms with van der Waals surface area (Å²) in [5, 5.41) is 8.99. The van der Waals surface area contributed by atoms with E-state index in [0.717, 1.165) is 28.7 Å². The van der Waals surface area contributed by atoms with Crippen LogP contribution in [0.25, 0.3) is 11.1 Å². The number of hydrogen-bond acceptors (Lipinski definition) is 4. The van der Waals surface area contributed by atoms with Gasteiger partial charge in [0.1, 0.15) is 16.9 Å². The molecule has 0 amide bonds. The van der Waals surface area contributed by atoms with E-state index in [-0.39, 0.29) is 17.9 Å². The van der Waals surface area contributed by atoms with E-state index in [2.05, 4.69) is 19.9 Å². The van der Waals surface area contributed by atoms with Crippen molar-refractivity contribution in [3.63, 3.8) is 0 Å². The monoisotopic (exact) mass is 410 g/mol. The zero-order chi connectivity index (χ0) is 22.3. The second kappa shape index (κ2) is 7.78. The van der Waals surface area contributed by atoms with Gasteiger partial charge >= 0.3 is 11.9 Å². The van der Waals surface area contributed by atoms with E-state index >= 15 is 0 Å². The largest absolute Gasteiger partial charge is 0.487 e. The van der Waals surface area contributed by atoms with Crippen LogP contribution in [0.15, 0.2) is 36.4 Å². The van der Waals surface area contributed by atoms with Gasteiger partial charge in [0.15, 0.2) is 0 Å². The van der Waals surface area contributed by atoms with Crippen LogP contribution in [0, 0.1) is 0 Å². The Morgan fingerprint density at radius 1 is 1.07 bits per heavy atom. The minimum Gasteiger partial charge on any atom is -0.487 e. The summed E-state index contributed by atoms with van der Waals surface area (Å²) in [5.74, 6) is -0.677. The number of benzene rings is 2. The summed E-state index contributed by atoms with van der Waals surface area (Å²) in [6.07, 6.45) is 0.552. The lowest BCUT2D eigenvalue weighted by Gasteiger charge is -2.43. The second-order valence-corrected chi connectivity index (χ2v) is 9.54. The van der Waals surface area contributed by atoms with Gasteiger partial charge in [0.25, 0.3) is 0 Å². The van der Waals surface area contributed by atoms with E-state index in [1.165, 1.54) is 0 Å². The summed E-state index contributed by atoms with van der Waals surface area (Å²) in [6, 6.07) is 11.3. The molecule has 5 heteroatoms. The van der Waals surface area contributed by atoms with Crippen LogP contribution in [0.4, 0.5) is 0 Å². The Morgan fingerprint density at radius 2 is 1.70 bits per heavy atom. The molecule has 160 valence electrons. The first-order chi connectivity index (χ1) is 13.9. The standard InChI is InChI=1S/C25H30O5/c1-15(2)29-23(28)19-12-18(17-9-7-16(8-10-17)11-21(26)27)13-20-22(19)30-25(5,6)14-24(20,3)4/h7-10,12-13,15H,11,14H2,1-6H3,(H,26,27). The Bertz CT molecular complexity index is 968. The Morgan fingerprint density at radius 3 is 2.27 bits per heavy atom. The SMILES string of the molecule is CC(C)OC(=O)c1cc(-c2ccc(CC(=O)O)cc2)cc2c1OC(C)(C)CC2(C)C. The first-order valence-corrected chi connectivity index (χ1v) is 10.3. The summed E-state index contributed by atoms with van der Waals surface area (Å²) in [6.45, 7) is 12.0. The van der Waals surface area contributed by atoms with Crippen LogP contribution >= 0.6 is 0 Å². The number of rotatable bonds is 5. The lowest BCUT2D eigenvalue weighted by Crippen LogP contribution is -2.42. The molecule has 0 radical (unpaired) electrons. The van der Waals surface area contributed by atoms with Crippen molar-refractivity contribution in [3.8, 4) is 16.9 Å². The van der Waals surface area contributed by atoms with Crippen LogP contribution < -0.4 is 4.74 Å². The molecule has 1 N–H and O–H groups in total. The minimum absolute atomic E-state index is 0.0214. The molecule has 1 aliphatic rings. The van der Waals surface area contributed by atoms with E-state index in [1.54, 1.807) is 12.1 Å². The molecule has 0 atom stereocenters. The van der Waals surface area contributed by atoms with Crippen LogP contribution in [0.1, 0.15) is 69.4 Å². The fraction of sp³-hybridized carbons (Fsp3) is 0.440. The van der Waals surface area contributed by atoms with Gasteiger partial charge in [-0.1, -0.05) is 38.1 Å². The number of esters is 1. The number of carbonyl (C=O) groups excluding carboxylic acids is 1. The van der Waals surface area contributed by atoms with Gasteiger partial charge in [0.2, 0.25) is 0 Å². The van der Waals surface area contributed by atoms with Gasteiger partial charge in [-0.05, 0) is 68.4 Å². The van der Waals surface area contributed by atoms with E-state index < -0.39 is 17.5 Å². The van der Waals surface area contributed by atoms with Crippen LogP contribution in [-0.4, -0.2) is 28.8 Å². The summed E-state index contributed by atoms with van der Waals surface area (Å²) in [5.41, 5.74) is 3.33. The topological polar surface area (TPSA) is 72.8 Å². The average molecular weight is 411 g/mol. The second-order valence-electron chi connectivity index (χ2n) is 9.54. The number of hydrogen-bond donors (Lipinski definition) is 1. The van der Waals surface area contributed by atoms with Crippen molar-refractivity contribution in [1.29, 1.82) is 0 Å². The van der Waals surface area contributed by atoms with Gasteiger partial charge in [-0.15, -0.1) is 0 Å². The molecule has 0 aliphatic carbocycles. The quantitative estimate of drug-likeness (QED) is 0.670. The molecule has 5 nitrogen and oxygen atoms in total. The molecule has 0 fully saturated rings. The molecule has 3 rings (SSSR count). The maximum Gasteiger partial charge on any atom is 0.342 e. The van der Waals surface area contributed by atoms with E-state index in [9.17, 15) is 9.59 Å². The maximum absolute atomic E-state index is 12.9. The summed E-state index contributed by atoms with van der Waals surface area (Å²) < 4.78 is 11.8. The van der Waals surface area contributed by atoms with Gasteiger partial charge in [0.05, 0.1) is 12.5 Å². The van der Waals surface area contributed by atoms with Crippen molar-refractivity contribution >= 4 is 11.9 Å². The Balaban J connectivity index is 2.14. The number of fused-ring (bicyclic) bond motifs is 1. The molecular weight excluding hydrogens is 380 g/mol. The first kappa shape index (κ1) is 21.9. The van der Waals surface area contributed by atoms with Crippen molar-refractivity contribution in [3.05, 3.63) is 53.1 Å². The molecular formula is C25H30O5. The zero-order valence-corrected chi connectivity index (χ0v) is 18.5. The van der Waals surface area contributed by atoms with Crippen LogP contribution in [0.3, 0.4) is 0 Å². The molecule has 1 aliphatic heterocycles. The van der Waals surface area contributed by atoms with Crippen molar-refractivity contribution in [2.24, 2.45) is 0 Å². The predicted octanol–water partition coefficient (Wildman–Crippen LogP) is 5.38. The third-order valence-electron chi connectivity index (χ3n) is 5.27. The first-order valence-electron chi connectivity index (χ1n) is 10.3. The number of ether oxygens (including phenoxy) is 2. The number of aliphatic carboxylic acids is 1. The molecule has 2 aromatic carbocycles. The number of carboxylic acids is 1. The molecule has 2 aromatic rings. The summed E-state index contributed by atoms with van der Waals surface area (Å²) in [4.78, 5) is 23.9. The fourth-order valence-corrected chi connectivity index (χ4v) is 4.30. The molecule has 30 heavy (non-hydrogen) atoms. The van der Waals surface area contributed by atoms with Crippen molar-refractivity contribution in [2.45, 2.75) is 71.5 Å². The van der Waals surface area contributed by atoms with Gasteiger partial charge in [0, 0.05) is 5.56 Å². The highest BCUT2D eigenvalue weighted by molar-refractivity contribution is 5.95. The highest BCUT2D eigenvalue weighted by Crippen LogP contribution is 2.48. The lowest BCUT2D eigenvalue weighted by molar-refractivity contribution is -0.136. The van der Waals surface area contributed by atoms with Crippen molar-refractivity contribution < 1.29 is 24.2 Å². The summed E-state index contributed by atoms with van der Waals surface area (Å²) >= 11 is 0. The smallest absolute Gasteiger partial charge is 0.342 e. The minimum atomic E-state index is -0.864. The molecule has 0 aromatic heterocycles. The molecule has 1 heterocycles. The molecule has 0 saturated heterocycles. The maximum atomic E-state index is 12.9. The average Bonchev–Trinajstić information content (AvgIpc) is 2.59. The summed E-state index contributed by atoms with van der Waals surface area (Å²) in [7, 11) is 0. The van der Waals surface area contributed by atoms with Crippen LogP contribution in [0.2, 0.25) is 0 Å². The van der Waals surface area contributed by atoms with Crippen molar-refractivity contribution in [2.75, 3.05) is 0 Å². The molecule has 0 saturated carbocycles. The van der Waals surface area contributed by atoms with E-state index in [1.807, 2.05) is 45.9 Å². The van der Waals surface area contributed by atoms with E-state index in [4.69, 9.17) is 14.6 Å². The van der Waals surface area contributed by atoms with Gasteiger partial charge in [-0.3, -0.25) is 4.79 Å². The van der Waals surface area contributed by atoms with Gasteiger partial charge in [-0.25, -0.2) is 4.79 Å². The normalized spacial score (nSPS) is 16.5. The van der Waals surface area contributed by atoms with E-state index in [0.29, 0.717) is 11.3 Å². The molecule has 0 unspecified atom stereocenters. The number of carbonyl (C=O) groups is 2. The Labute approximate surface area is 178 Å². The van der Waals surface area contributed by atoms with Gasteiger partial charge < -0.3 is 14.6 Å². The highest BCUT2D eigenvalue weighted by Gasteiger charge is 2.41. The predicted molar refractivity (Wildman–Crippen MR) is 116 cm³/mol. The molecule has 0 spiro atoms. The zero-order valence-electron chi connectivity index (χ0n) is 18.5. The van der Waals surface area contributed by atoms with Crippen LogP contribution in [0.5, 0.6) is 5.75 Å². The van der Waals surface area contributed by atoms with Gasteiger partial charge in [-0.2, -0.15) is 0 Å². The third kappa shape index (κ3) is 4.66. The number of carboxylic acid groups (broad SMARTS) is 1. The fourth-order valence-electron chi connectivity index (χ4n) is 4.30. The Hall–Kier alpha value is -2.82. The Kier molecular flexibility index (Phi) is 5.68. The van der Waals surface area contributed by atoms with Crippen molar-refractivity contribution in [1.82, 2.24) is 0 Å². The molecule has 0 bridgehead atoms. The lowest BCUT2D eigenvalue weighted by atomic mass is 9.72.